The third-order valence-electron chi connectivity index (χ3n) is 3.65. The summed E-state index contributed by atoms with van der Waals surface area (Å²) in [6.07, 6.45) is 1.07. The van der Waals surface area contributed by atoms with Crippen molar-refractivity contribution in [1.82, 2.24) is 0 Å². The number of benzene rings is 1. The van der Waals surface area contributed by atoms with Crippen LogP contribution in [0, 0.1) is 6.92 Å². The van der Waals surface area contributed by atoms with Crippen LogP contribution in [0.15, 0.2) is 34.8 Å². The summed E-state index contributed by atoms with van der Waals surface area (Å²) in [7, 11) is 2.11. The number of anilines is 1. The van der Waals surface area contributed by atoms with Crippen LogP contribution in [-0.2, 0) is 6.42 Å². The van der Waals surface area contributed by atoms with E-state index in [9.17, 15) is 0 Å². The molecular formula is C16H21BrN2S. The van der Waals surface area contributed by atoms with Gasteiger partial charge in [-0.2, -0.15) is 0 Å². The lowest BCUT2D eigenvalue weighted by molar-refractivity contribution is 0.692. The Balaban J connectivity index is 2.25. The van der Waals surface area contributed by atoms with E-state index in [1.54, 1.807) is 0 Å². The molecule has 0 amide bonds. The van der Waals surface area contributed by atoms with Gasteiger partial charge in [-0.25, -0.2) is 0 Å². The fourth-order valence-corrected chi connectivity index (χ4v) is 3.98. The molecule has 1 aromatic carbocycles. The number of thiophene rings is 1. The molecule has 0 aliphatic heterocycles. The number of nitrogens with two attached hydrogens (primary N) is 1. The van der Waals surface area contributed by atoms with E-state index in [0.717, 1.165) is 6.42 Å². The zero-order valence-electron chi connectivity index (χ0n) is 12.2. The molecule has 2 N–H and O–H groups in total. The Morgan fingerprint density at radius 1 is 1.30 bits per heavy atom. The summed E-state index contributed by atoms with van der Waals surface area (Å²) in [6, 6.07) is 11.1. The van der Waals surface area contributed by atoms with E-state index in [4.69, 9.17) is 5.73 Å². The Kier molecular flexibility index (Phi) is 5.24. The average molecular weight is 353 g/mol. The number of aryl methyl sites for hydroxylation is 2. The first-order valence-electron chi connectivity index (χ1n) is 6.84. The van der Waals surface area contributed by atoms with Crippen LogP contribution in [0.4, 0.5) is 5.69 Å². The summed E-state index contributed by atoms with van der Waals surface area (Å²) < 4.78 is 1.17. The topological polar surface area (TPSA) is 29.3 Å². The van der Waals surface area contributed by atoms with Gasteiger partial charge in [0.25, 0.3) is 0 Å². The zero-order valence-corrected chi connectivity index (χ0v) is 14.6. The van der Waals surface area contributed by atoms with Crippen molar-refractivity contribution in [3.05, 3.63) is 50.1 Å². The lowest BCUT2D eigenvalue weighted by Gasteiger charge is -2.28. The molecule has 0 spiro atoms. The molecule has 1 atom stereocenters. The third kappa shape index (κ3) is 3.25. The summed E-state index contributed by atoms with van der Waals surface area (Å²) in [5, 5.41) is 0. The molecule has 1 unspecified atom stereocenters. The molecule has 2 aromatic rings. The predicted octanol–water partition coefficient (Wildman–Crippen LogP) is 4.52. The molecule has 1 aromatic heterocycles. The minimum atomic E-state index is 0.220. The Labute approximate surface area is 133 Å². The maximum Gasteiger partial charge on any atom is 0.0754 e. The molecule has 0 saturated carbocycles. The van der Waals surface area contributed by atoms with Crippen LogP contribution in [0.25, 0.3) is 0 Å². The van der Waals surface area contributed by atoms with Crippen molar-refractivity contribution in [1.29, 1.82) is 0 Å². The Morgan fingerprint density at radius 2 is 1.95 bits per heavy atom. The average Bonchev–Trinajstić information content (AvgIpc) is 2.79. The van der Waals surface area contributed by atoms with Crippen molar-refractivity contribution in [2.45, 2.75) is 26.3 Å². The monoisotopic (exact) mass is 352 g/mol. The molecule has 0 aliphatic rings. The van der Waals surface area contributed by atoms with Crippen LogP contribution < -0.4 is 10.6 Å². The van der Waals surface area contributed by atoms with E-state index >= 15 is 0 Å². The normalized spacial score (nSPS) is 12.4. The second kappa shape index (κ2) is 6.74. The van der Waals surface area contributed by atoms with Gasteiger partial charge >= 0.3 is 0 Å². The van der Waals surface area contributed by atoms with Gasteiger partial charge in [-0.05, 0) is 53.0 Å². The summed E-state index contributed by atoms with van der Waals surface area (Å²) in [5.74, 6) is 0. The molecule has 0 aliphatic carbocycles. The molecule has 20 heavy (non-hydrogen) atoms. The molecule has 4 heteroatoms. The largest absolute Gasteiger partial charge is 0.365 e. The third-order valence-corrected chi connectivity index (χ3v) is 5.89. The number of hydrogen-bond acceptors (Lipinski definition) is 3. The summed E-state index contributed by atoms with van der Waals surface area (Å²) in [6.45, 7) is 4.91. The molecule has 2 rings (SSSR count). The molecule has 1 heterocycles. The van der Waals surface area contributed by atoms with Crippen molar-refractivity contribution >= 4 is 33.0 Å². The maximum atomic E-state index is 6.01. The van der Waals surface area contributed by atoms with Crippen molar-refractivity contribution in [2.75, 3.05) is 18.5 Å². The zero-order chi connectivity index (χ0) is 14.7. The van der Waals surface area contributed by atoms with Crippen LogP contribution in [0.1, 0.15) is 28.3 Å². The Bertz CT molecular complexity index is 543. The highest BCUT2D eigenvalue weighted by molar-refractivity contribution is 9.10. The smallest absolute Gasteiger partial charge is 0.0754 e. The van der Waals surface area contributed by atoms with Gasteiger partial charge in [-0.3, -0.25) is 0 Å². The number of halogens is 1. The van der Waals surface area contributed by atoms with E-state index in [2.05, 4.69) is 72.1 Å². The van der Waals surface area contributed by atoms with Gasteiger partial charge in [0.05, 0.1) is 6.04 Å². The minimum Gasteiger partial charge on any atom is -0.365 e. The predicted molar refractivity (Wildman–Crippen MR) is 92.8 cm³/mol. The lowest BCUT2D eigenvalue weighted by atomic mass is 10.1. The highest BCUT2D eigenvalue weighted by Crippen LogP contribution is 2.34. The van der Waals surface area contributed by atoms with Crippen molar-refractivity contribution in [2.24, 2.45) is 5.73 Å². The molecule has 2 nitrogen and oxygen atoms in total. The maximum absolute atomic E-state index is 6.01. The second-order valence-electron chi connectivity index (χ2n) is 4.94. The minimum absolute atomic E-state index is 0.220. The van der Waals surface area contributed by atoms with E-state index in [-0.39, 0.29) is 6.04 Å². The van der Waals surface area contributed by atoms with Gasteiger partial charge in [0.2, 0.25) is 0 Å². The van der Waals surface area contributed by atoms with Gasteiger partial charge in [0, 0.05) is 33.5 Å². The highest BCUT2D eigenvalue weighted by Gasteiger charge is 2.19. The van der Waals surface area contributed by atoms with Crippen LogP contribution in [0.5, 0.6) is 0 Å². The molecule has 108 valence electrons. The summed E-state index contributed by atoms with van der Waals surface area (Å²) in [5.41, 5.74) is 8.58. The quantitative estimate of drug-likeness (QED) is 0.857. The van der Waals surface area contributed by atoms with E-state index in [1.807, 2.05) is 11.3 Å². The Hall–Kier alpha value is -0.840. The van der Waals surface area contributed by atoms with Gasteiger partial charge < -0.3 is 10.6 Å². The lowest BCUT2D eigenvalue weighted by Crippen LogP contribution is -2.29. The second-order valence-corrected chi connectivity index (χ2v) is 7.08. The van der Waals surface area contributed by atoms with Gasteiger partial charge in [0.15, 0.2) is 0 Å². The van der Waals surface area contributed by atoms with Crippen LogP contribution in [-0.4, -0.2) is 13.6 Å². The molecule has 0 saturated heterocycles. The fraction of sp³-hybridized carbons (Fsp3) is 0.375. The molecular weight excluding hydrogens is 332 g/mol. The summed E-state index contributed by atoms with van der Waals surface area (Å²) >= 11 is 5.40. The van der Waals surface area contributed by atoms with Crippen molar-refractivity contribution < 1.29 is 0 Å². The first kappa shape index (κ1) is 15.5. The Morgan fingerprint density at radius 3 is 2.40 bits per heavy atom. The van der Waals surface area contributed by atoms with E-state index in [1.165, 1.54) is 25.5 Å². The molecule has 0 radical (unpaired) electrons. The van der Waals surface area contributed by atoms with Crippen LogP contribution in [0.3, 0.4) is 0 Å². The number of likely N-dealkylation sites (N-methyl/N-ethyl adjacent to an activating group) is 1. The number of nitrogens with zero attached hydrogens (tertiary/aromatic N) is 1. The first-order valence-corrected chi connectivity index (χ1v) is 8.45. The van der Waals surface area contributed by atoms with Crippen LogP contribution >= 0.6 is 27.3 Å². The highest BCUT2D eigenvalue weighted by atomic mass is 79.9. The number of hydrogen-bond donors (Lipinski definition) is 1. The van der Waals surface area contributed by atoms with Crippen molar-refractivity contribution in [3.8, 4) is 0 Å². The fourth-order valence-electron chi connectivity index (χ4n) is 2.26. The first-order chi connectivity index (χ1) is 9.56. The van der Waals surface area contributed by atoms with Gasteiger partial charge in [0.1, 0.15) is 0 Å². The summed E-state index contributed by atoms with van der Waals surface area (Å²) in [4.78, 5) is 4.86. The van der Waals surface area contributed by atoms with Crippen molar-refractivity contribution in [3.63, 3.8) is 0 Å². The molecule has 0 fully saturated rings. The standard InChI is InChI=1S/C16H21BrN2S/c1-4-12-5-7-13(8-6-12)19(3)15(10-18)16-9-14(17)11(2)20-16/h5-9,15H,4,10,18H2,1-3H3. The van der Waals surface area contributed by atoms with E-state index in [0.29, 0.717) is 6.54 Å². The number of rotatable bonds is 5. The van der Waals surface area contributed by atoms with Gasteiger partial charge in [-0.15, -0.1) is 11.3 Å². The molecule has 0 bridgehead atoms. The van der Waals surface area contributed by atoms with E-state index < -0.39 is 0 Å². The van der Waals surface area contributed by atoms with Gasteiger partial charge in [-0.1, -0.05) is 19.1 Å². The SMILES string of the molecule is CCc1ccc(N(C)C(CN)c2cc(Br)c(C)s2)cc1. The van der Waals surface area contributed by atoms with Crippen LogP contribution in [0.2, 0.25) is 0 Å².